The highest BCUT2D eigenvalue weighted by atomic mass is 16.5. The van der Waals surface area contributed by atoms with E-state index in [0.717, 1.165) is 22.6 Å². The summed E-state index contributed by atoms with van der Waals surface area (Å²) in [5, 5.41) is 10.3. The molecule has 1 aromatic heterocycles. The molecule has 1 heterocycles. The van der Waals surface area contributed by atoms with Crippen LogP contribution < -0.4 is 4.74 Å². The molecule has 0 fully saturated rings. The third-order valence-electron chi connectivity index (χ3n) is 2.80. The highest BCUT2D eigenvalue weighted by Gasteiger charge is 2.10. The monoisotopic (exact) mass is 257 g/mol. The highest BCUT2D eigenvalue weighted by Crippen LogP contribution is 2.24. The first kappa shape index (κ1) is 13.6. The standard InChI is InChI=1S/C16H19NO2/c1-11(2)19-15-6-4-13(5-7-15)16(18)14-8-9-17-12(3)10-14/h4-11,16,18H,1-3H3. The number of hydrogen-bond acceptors (Lipinski definition) is 3. The van der Waals surface area contributed by atoms with E-state index in [4.69, 9.17) is 4.74 Å². The smallest absolute Gasteiger partial charge is 0.119 e. The maximum Gasteiger partial charge on any atom is 0.119 e. The van der Waals surface area contributed by atoms with Crippen LogP contribution in [0.5, 0.6) is 5.75 Å². The molecule has 3 nitrogen and oxygen atoms in total. The number of aromatic nitrogens is 1. The Morgan fingerprint density at radius 2 is 1.74 bits per heavy atom. The lowest BCUT2D eigenvalue weighted by atomic mass is 10.0. The lowest BCUT2D eigenvalue weighted by Crippen LogP contribution is -2.06. The molecule has 1 atom stereocenters. The van der Waals surface area contributed by atoms with Crippen molar-refractivity contribution in [1.29, 1.82) is 0 Å². The van der Waals surface area contributed by atoms with Crippen LogP contribution in [0.2, 0.25) is 0 Å². The van der Waals surface area contributed by atoms with Crippen LogP contribution >= 0.6 is 0 Å². The van der Waals surface area contributed by atoms with Crippen LogP contribution in [-0.4, -0.2) is 16.2 Å². The third kappa shape index (κ3) is 3.55. The Balaban J connectivity index is 2.17. The summed E-state index contributed by atoms with van der Waals surface area (Å²) in [7, 11) is 0. The molecule has 1 unspecified atom stereocenters. The van der Waals surface area contributed by atoms with Crippen molar-refractivity contribution in [2.45, 2.75) is 33.0 Å². The average Bonchev–Trinajstić information content (AvgIpc) is 2.38. The zero-order chi connectivity index (χ0) is 13.8. The molecule has 1 N–H and O–H groups in total. The zero-order valence-corrected chi connectivity index (χ0v) is 11.5. The molecule has 0 aliphatic carbocycles. The largest absolute Gasteiger partial charge is 0.491 e. The number of aliphatic hydroxyl groups is 1. The van der Waals surface area contributed by atoms with Crippen LogP contribution in [0.3, 0.4) is 0 Å². The Kier molecular flexibility index (Phi) is 4.17. The minimum Gasteiger partial charge on any atom is -0.491 e. The fraction of sp³-hybridized carbons (Fsp3) is 0.312. The molecule has 19 heavy (non-hydrogen) atoms. The van der Waals surface area contributed by atoms with Crippen molar-refractivity contribution in [2.24, 2.45) is 0 Å². The maximum atomic E-state index is 10.3. The van der Waals surface area contributed by atoms with Gasteiger partial charge < -0.3 is 9.84 Å². The fourth-order valence-corrected chi connectivity index (χ4v) is 1.93. The first-order chi connectivity index (χ1) is 9.06. The molecule has 0 radical (unpaired) electrons. The molecule has 0 saturated heterocycles. The maximum absolute atomic E-state index is 10.3. The second-order valence-corrected chi connectivity index (χ2v) is 4.87. The molecule has 1 aromatic carbocycles. The van der Waals surface area contributed by atoms with E-state index in [1.54, 1.807) is 6.20 Å². The third-order valence-corrected chi connectivity index (χ3v) is 2.80. The molecule has 2 aromatic rings. The number of ether oxygens (including phenoxy) is 1. The molecule has 3 heteroatoms. The van der Waals surface area contributed by atoms with Gasteiger partial charge in [-0.3, -0.25) is 4.98 Å². The Morgan fingerprint density at radius 1 is 1.05 bits per heavy atom. The molecular weight excluding hydrogens is 238 g/mol. The van der Waals surface area contributed by atoms with Crippen LogP contribution in [-0.2, 0) is 0 Å². The van der Waals surface area contributed by atoms with Crippen molar-refractivity contribution in [3.63, 3.8) is 0 Å². The highest BCUT2D eigenvalue weighted by molar-refractivity contribution is 5.34. The molecule has 100 valence electrons. The summed E-state index contributed by atoms with van der Waals surface area (Å²) in [6.45, 7) is 5.89. The van der Waals surface area contributed by atoms with Crippen LogP contribution in [0.4, 0.5) is 0 Å². The minimum absolute atomic E-state index is 0.152. The number of hydrogen-bond donors (Lipinski definition) is 1. The topological polar surface area (TPSA) is 42.4 Å². The summed E-state index contributed by atoms with van der Waals surface area (Å²) in [6, 6.07) is 11.3. The Hall–Kier alpha value is -1.87. The van der Waals surface area contributed by atoms with Crippen molar-refractivity contribution in [3.05, 3.63) is 59.4 Å². The van der Waals surface area contributed by atoms with Crippen molar-refractivity contribution in [3.8, 4) is 5.75 Å². The van der Waals surface area contributed by atoms with Gasteiger partial charge in [0.2, 0.25) is 0 Å². The van der Waals surface area contributed by atoms with Crippen LogP contribution in [0.15, 0.2) is 42.6 Å². The Labute approximate surface area is 113 Å². The lowest BCUT2D eigenvalue weighted by molar-refractivity contribution is 0.219. The zero-order valence-electron chi connectivity index (χ0n) is 11.5. The van der Waals surface area contributed by atoms with Gasteiger partial charge in [-0.2, -0.15) is 0 Å². The van der Waals surface area contributed by atoms with Gasteiger partial charge in [0.25, 0.3) is 0 Å². The quantitative estimate of drug-likeness (QED) is 0.914. The van der Waals surface area contributed by atoms with Crippen molar-refractivity contribution >= 4 is 0 Å². The van der Waals surface area contributed by atoms with E-state index in [0.29, 0.717) is 0 Å². The Morgan fingerprint density at radius 3 is 2.32 bits per heavy atom. The molecular formula is C16H19NO2. The number of aryl methyl sites for hydroxylation is 1. The predicted molar refractivity (Wildman–Crippen MR) is 75.2 cm³/mol. The summed E-state index contributed by atoms with van der Waals surface area (Å²) in [4.78, 5) is 4.13. The number of nitrogens with zero attached hydrogens (tertiary/aromatic N) is 1. The second-order valence-electron chi connectivity index (χ2n) is 4.87. The Bertz CT molecular complexity index is 535. The van der Waals surface area contributed by atoms with Gasteiger partial charge in [-0.05, 0) is 56.2 Å². The van der Waals surface area contributed by atoms with Crippen LogP contribution in [0, 0.1) is 6.92 Å². The molecule has 0 aliphatic heterocycles. The van der Waals surface area contributed by atoms with Crippen molar-refractivity contribution in [1.82, 2.24) is 4.98 Å². The molecule has 0 amide bonds. The van der Waals surface area contributed by atoms with E-state index in [2.05, 4.69) is 4.98 Å². The summed E-state index contributed by atoms with van der Waals surface area (Å²) in [6.07, 6.45) is 1.23. The second kappa shape index (κ2) is 5.85. The normalized spacial score (nSPS) is 12.5. The van der Waals surface area contributed by atoms with Gasteiger partial charge in [-0.15, -0.1) is 0 Å². The van der Waals surface area contributed by atoms with E-state index < -0.39 is 6.10 Å². The first-order valence-electron chi connectivity index (χ1n) is 6.43. The van der Waals surface area contributed by atoms with E-state index in [9.17, 15) is 5.11 Å². The molecule has 0 aliphatic rings. The molecule has 0 bridgehead atoms. The summed E-state index contributed by atoms with van der Waals surface area (Å²) >= 11 is 0. The summed E-state index contributed by atoms with van der Waals surface area (Å²) in [5.41, 5.74) is 2.60. The van der Waals surface area contributed by atoms with Crippen molar-refractivity contribution in [2.75, 3.05) is 0 Å². The number of pyridine rings is 1. The average molecular weight is 257 g/mol. The van der Waals surface area contributed by atoms with Gasteiger partial charge in [-0.1, -0.05) is 12.1 Å². The summed E-state index contributed by atoms with van der Waals surface area (Å²) < 4.78 is 5.58. The van der Waals surface area contributed by atoms with E-state index >= 15 is 0 Å². The first-order valence-corrected chi connectivity index (χ1v) is 6.43. The summed E-state index contributed by atoms with van der Waals surface area (Å²) in [5.74, 6) is 0.817. The van der Waals surface area contributed by atoms with E-state index in [-0.39, 0.29) is 6.10 Å². The lowest BCUT2D eigenvalue weighted by Gasteiger charge is -2.14. The van der Waals surface area contributed by atoms with E-state index in [1.165, 1.54) is 0 Å². The SMILES string of the molecule is Cc1cc(C(O)c2ccc(OC(C)C)cc2)ccn1. The molecule has 2 rings (SSSR count). The number of aliphatic hydroxyl groups excluding tert-OH is 1. The molecule has 0 saturated carbocycles. The van der Waals surface area contributed by atoms with Crippen molar-refractivity contribution < 1.29 is 9.84 Å². The van der Waals surface area contributed by atoms with Crippen LogP contribution in [0.25, 0.3) is 0 Å². The minimum atomic E-state index is -0.630. The van der Waals surface area contributed by atoms with Gasteiger partial charge in [0.05, 0.1) is 6.10 Å². The van der Waals surface area contributed by atoms with Gasteiger partial charge in [0.15, 0.2) is 0 Å². The van der Waals surface area contributed by atoms with E-state index in [1.807, 2.05) is 57.2 Å². The van der Waals surface area contributed by atoms with Crippen LogP contribution in [0.1, 0.15) is 36.8 Å². The predicted octanol–water partition coefficient (Wildman–Crippen LogP) is 3.26. The van der Waals surface area contributed by atoms with Gasteiger partial charge in [0.1, 0.15) is 11.9 Å². The number of benzene rings is 1. The van der Waals surface area contributed by atoms with Gasteiger partial charge >= 0.3 is 0 Å². The van der Waals surface area contributed by atoms with Gasteiger partial charge in [0, 0.05) is 11.9 Å². The van der Waals surface area contributed by atoms with Gasteiger partial charge in [-0.25, -0.2) is 0 Å². The number of rotatable bonds is 4. The fourth-order valence-electron chi connectivity index (χ4n) is 1.93. The molecule has 0 spiro atoms.